The van der Waals surface area contributed by atoms with Gasteiger partial charge in [0, 0.05) is 36.3 Å². The minimum Gasteiger partial charge on any atom is -0.491 e. The van der Waals surface area contributed by atoms with Crippen molar-refractivity contribution in [3.05, 3.63) is 41.5 Å². The van der Waals surface area contributed by atoms with Crippen LogP contribution < -0.4 is 24.4 Å². The molecule has 31 heavy (non-hydrogen) atoms. The summed E-state index contributed by atoms with van der Waals surface area (Å²) in [6, 6.07) is 9.34. The number of rotatable bonds is 3. The van der Waals surface area contributed by atoms with Crippen LogP contribution in [0.5, 0.6) is 17.2 Å². The summed E-state index contributed by atoms with van der Waals surface area (Å²) < 4.78 is 17.5. The van der Waals surface area contributed by atoms with E-state index in [9.17, 15) is 9.59 Å². The molecule has 2 aromatic carbocycles. The average molecular weight is 420 g/mol. The van der Waals surface area contributed by atoms with Crippen LogP contribution in [-0.2, 0) is 15.0 Å². The zero-order chi connectivity index (χ0) is 21.2. The summed E-state index contributed by atoms with van der Waals surface area (Å²) in [6.07, 6.45) is 3.94. The van der Waals surface area contributed by atoms with Crippen molar-refractivity contribution in [1.82, 2.24) is 0 Å². The smallest absolute Gasteiger partial charge is 0.245 e. The molecule has 0 radical (unpaired) electrons. The van der Waals surface area contributed by atoms with Crippen molar-refractivity contribution in [2.75, 3.05) is 37.1 Å². The van der Waals surface area contributed by atoms with Crippen LogP contribution in [0.2, 0.25) is 0 Å². The van der Waals surface area contributed by atoms with Crippen molar-refractivity contribution < 1.29 is 23.8 Å². The maximum Gasteiger partial charge on any atom is 0.245 e. The van der Waals surface area contributed by atoms with E-state index in [1.54, 1.807) is 11.9 Å². The standard InChI is InChI=1S/C24H24N2O5/c1-26-17-7-3-6-16(25-21(27)10-14-4-2-5-14)22(17)24(23(26)28)13-31-18-12-20-19(11-15(18)24)29-8-9-30-20/h3,6-7,11-12,14H,2,4-5,8-10,13H2,1H3,(H,25,27). The van der Waals surface area contributed by atoms with E-state index < -0.39 is 5.41 Å². The Kier molecular flexibility index (Phi) is 3.97. The average Bonchev–Trinajstić information content (AvgIpc) is 3.22. The highest BCUT2D eigenvalue weighted by atomic mass is 16.6. The quantitative estimate of drug-likeness (QED) is 0.825. The summed E-state index contributed by atoms with van der Waals surface area (Å²) >= 11 is 0. The fraction of sp³-hybridized carbons (Fsp3) is 0.417. The Balaban J connectivity index is 1.46. The summed E-state index contributed by atoms with van der Waals surface area (Å²) in [7, 11) is 1.77. The lowest BCUT2D eigenvalue weighted by atomic mass is 9.76. The largest absolute Gasteiger partial charge is 0.491 e. The minimum absolute atomic E-state index is 0.00318. The molecule has 1 N–H and O–H groups in total. The molecular formula is C24H24N2O5. The summed E-state index contributed by atoms with van der Waals surface area (Å²) in [5, 5.41) is 3.10. The lowest BCUT2D eigenvalue weighted by molar-refractivity contribution is -0.122. The molecule has 0 aromatic heterocycles. The number of amides is 2. The highest BCUT2D eigenvalue weighted by Gasteiger charge is 2.57. The van der Waals surface area contributed by atoms with E-state index >= 15 is 0 Å². The molecule has 1 atom stereocenters. The van der Waals surface area contributed by atoms with Gasteiger partial charge in [-0.2, -0.15) is 0 Å². The van der Waals surface area contributed by atoms with E-state index in [0.717, 1.165) is 29.7 Å². The van der Waals surface area contributed by atoms with Crippen LogP contribution in [0.15, 0.2) is 30.3 Å². The molecule has 7 heteroatoms. The molecule has 1 spiro atoms. The van der Waals surface area contributed by atoms with Crippen molar-refractivity contribution in [2.45, 2.75) is 31.1 Å². The second-order valence-corrected chi connectivity index (χ2v) is 8.80. The number of hydrogen-bond donors (Lipinski definition) is 1. The molecule has 1 aliphatic carbocycles. The van der Waals surface area contributed by atoms with E-state index in [2.05, 4.69) is 5.32 Å². The van der Waals surface area contributed by atoms with Gasteiger partial charge in [0.25, 0.3) is 0 Å². The Bertz CT molecular complexity index is 1110. The maximum atomic E-state index is 13.6. The first kappa shape index (κ1) is 18.5. The Hall–Kier alpha value is -3.22. The van der Waals surface area contributed by atoms with Crippen LogP contribution >= 0.6 is 0 Å². The number of carbonyl (C=O) groups excluding carboxylic acids is 2. The van der Waals surface area contributed by atoms with Gasteiger partial charge in [0.15, 0.2) is 11.5 Å². The maximum absolute atomic E-state index is 13.6. The third-order valence-corrected chi connectivity index (χ3v) is 7.02. The molecule has 6 rings (SSSR count). The van der Waals surface area contributed by atoms with Gasteiger partial charge in [-0.1, -0.05) is 12.5 Å². The minimum atomic E-state index is -1.02. The van der Waals surface area contributed by atoms with E-state index in [1.165, 1.54) is 6.42 Å². The van der Waals surface area contributed by atoms with E-state index in [1.807, 2.05) is 30.3 Å². The van der Waals surface area contributed by atoms with Crippen molar-refractivity contribution in [3.8, 4) is 17.2 Å². The van der Waals surface area contributed by atoms with Crippen LogP contribution in [0.1, 0.15) is 36.8 Å². The van der Waals surface area contributed by atoms with Gasteiger partial charge in [0.2, 0.25) is 11.8 Å². The predicted molar refractivity (Wildman–Crippen MR) is 114 cm³/mol. The number of nitrogens with one attached hydrogen (secondary N) is 1. The fourth-order valence-corrected chi connectivity index (χ4v) is 5.21. The highest BCUT2D eigenvalue weighted by Crippen LogP contribution is 2.56. The first-order valence-electron chi connectivity index (χ1n) is 10.9. The lowest BCUT2D eigenvalue weighted by Gasteiger charge is -2.26. The van der Waals surface area contributed by atoms with Gasteiger partial charge >= 0.3 is 0 Å². The van der Waals surface area contributed by atoms with E-state index in [-0.39, 0.29) is 18.4 Å². The highest BCUT2D eigenvalue weighted by molar-refractivity contribution is 6.14. The molecular weight excluding hydrogens is 396 g/mol. The number of likely N-dealkylation sites (N-methyl/N-ethyl adjacent to an activating group) is 1. The number of carbonyl (C=O) groups is 2. The van der Waals surface area contributed by atoms with Crippen molar-refractivity contribution in [2.24, 2.45) is 5.92 Å². The third kappa shape index (κ3) is 2.58. The van der Waals surface area contributed by atoms with Crippen molar-refractivity contribution in [3.63, 3.8) is 0 Å². The Morgan fingerprint density at radius 2 is 1.90 bits per heavy atom. The van der Waals surface area contributed by atoms with Crippen molar-refractivity contribution in [1.29, 1.82) is 0 Å². The molecule has 3 heterocycles. The van der Waals surface area contributed by atoms with Gasteiger partial charge in [-0.3, -0.25) is 9.59 Å². The lowest BCUT2D eigenvalue weighted by Crippen LogP contribution is -2.41. The Labute approximate surface area is 180 Å². The molecule has 2 aromatic rings. The normalized spacial score (nSPS) is 23.3. The molecule has 1 fully saturated rings. The summed E-state index contributed by atoms with van der Waals surface area (Å²) in [4.78, 5) is 28.0. The molecule has 7 nitrogen and oxygen atoms in total. The van der Waals surface area contributed by atoms with E-state index in [0.29, 0.717) is 48.5 Å². The van der Waals surface area contributed by atoms with Gasteiger partial charge in [-0.15, -0.1) is 0 Å². The second kappa shape index (κ2) is 6.64. The second-order valence-electron chi connectivity index (χ2n) is 8.80. The fourth-order valence-electron chi connectivity index (χ4n) is 5.21. The predicted octanol–water partition coefficient (Wildman–Crippen LogP) is 3.24. The topological polar surface area (TPSA) is 77.1 Å². The van der Waals surface area contributed by atoms with Crippen LogP contribution in [0, 0.1) is 5.92 Å². The summed E-state index contributed by atoms with van der Waals surface area (Å²) in [6.45, 7) is 1.13. The summed E-state index contributed by atoms with van der Waals surface area (Å²) in [5.41, 5.74) is 1.99. The first-order chi connectivity index (χ1) is 15.1. The molecule has 1 unspecified atom stereocenters. The number of ether oxygens (including phenoxy) is 3. The number of nitrogens with zero attached hydrogens (tertiary/aromatic N) is 1. The summed E-state index contributed by atoms with van der Waals surface area (Å²) in [5.74, 6) is 2.26. The zero-order valence-electron chi connectivity index (χ0n) is 17.4. The van der Waals surface area contributed by atoms with Crippen LogP contribution in [0.4, 0.5) is 11.4 Å². The molecule has 3 aliphatic heterocycles. The SMILES string of the molecule is CN1C(=O)C2(COc3cc4c(cc32)OCCO4)c2c(NC(=O)CC3CCC3)cccc21. The molecule has 160 valence electrons. The Morgan fingerprint density at radius 1 is 1.13 bits per heavy atom. The van der Waals surface area contributed by atoms with Gasteiger partial charge in [-0.05, 0) is 37.0 Å². The van der Waals surface area contributed by atoms with E-state index in [4.69, 9.17) is 14.2 Å². The van der Waals surface area contributed by atoms with Gasteiger partial charge in [0.1, 0.15) is 31.0 Å². The number of benzene rings is 2. The van der Waals surface area contributed by atoms with Crippen LogP contribution in [0.3, 0.4) is 0 Å². The number of anilines is 2. The van der Waals surface area contributed by atoms with Gasteiger partial charge in [0.05, 0.1) is 5.69 Å². The molecule has 0 bridgehead atoms. The van der Waals surface area contributed by atoms with Crippen LogP contribution in [0.25, 0.3) is 0 Å². The Morgan fingerprint density at radius 3 is 2.65 bits per heavy atom. The van der Waals surface area contributed by atoms with Gasteiger partial charge in [-0.25, -0.2) is 0 Å². The molecule has 0 saturated heterocycles. The molecule has 4 aliphatic rings. The number of hydrogen-bond acceptors (Lipinski definition) is 5. The molecule has 2 amide bonds. The number of fused-ring (bicyclic) bond motifs is 5. The monoisotopic (exact) mass is 420 g/mol. The van der Waals surface area contributed by atoms with Crippen LogP contribution in [-0.4, -0.2) is 38.7 Å². The first-order valence-corrected chi connectivity index (χ1v) is 10.9. The third-order valence-electron chi connectivity index (χ3n) is 7.02. The molecule has 1 saturated carbocycles. The van der Waals surface area contributed by atoms with Gasteiger partial charge < -0.3 is 24.4 Å². The van der Waals surface area contributed by atoms with Crippen molar-refractivity contribution >= 4 is 23.2 Å². The zero-order valence-corrected chi connectivity index (χ0v) is 17.4.